The Bertz CT molecular complexity index is 1800. The molecule has 0 saturated carbocycles. The lowest BCUT2D eigenvalue weighted by atomic mass is 9.99. The number of carbonyl (C=O) groups excluding carboxylic acids is 4. The van der Waals surface area contributed by atoms with E-state index in [-0.39, 0.29) is 25.7 Å². The lowest BCUT2D eigenvalue weighted by Crippen LogP contribution is -2.30. The molecule has 0 aromatic carbocycles. The molecular weight excluding hydrogens is 1210 g/mol. The number of hydrogen-bond acceptors (Lipinski definition) is 15. The molecule has 0 rings (SSSR count). The second-order valence-corrected chi connectivity index (χ2v) is 30.4. The quantitative estimate of drug-likeness (QED) is 0.0222. The van der Waals surface area contributed by atoms with E-state index in [4.69, 9.17) is 37.0 Å². The van der Waals surface area contributed by atoms with Crippen LogP contribution in [0, 0.1) is 17.8 Å². The van der Waals surface area contributed by atoms with E-state index in [1.165, 1.54) is 173 Å². The number of esters is 4. The van der Waals surface area contributed by atoms with Crippen molar-refractivity contribution in [2.24, 2.45) is 17.8 Å². The van der Waals surface area contributed by atoms with Gasteiger partial charge in [-0.25, -0.2) is 9.13 Å². The summed E-state index contributed by atoms with van der Waals surface area (Å²) in [5.74, 6) is 0.182. The molecule has 0 fully saturated rings. The van der Waals surface area contributed by atoms with Crippen LogP contribution in [0.5, 0.6) is 0 Å². The van der Waals surface area contributed by atoms with E-state index in [0.29, 0.717) is 31.6 Å². The summed E-state index contributed by atoms with van der Waals surface area (Å²) in [5.41, 5.74) is 0. The van der Waals surface area contributed by atoms with E-state index in [2.05, 4.69) is 48.5 Å². The van der Waals surface area contributed by atoms with E-state index in [1.807, 2.05) is 0 Å². The van der Waals surface area contributed by atoms with E-state index in [9.17, 15) is 43.2 Å². The van der Waals surface area contributed by atoms with Crippen molar-refractivity contribution >= 4 is 39.5 Å². The van der Waals surface area contributed by atoms with Crippen LogP contribution in [0.25, 0.3) is 0 Å². The van der Waals surface area contributed by atoms with Gasteiger partial charge in [0, 0.05) is 25.7 Å². The SMILES string of the molecule is CCCCCCCCCCC(=O)OC[C@H](COP(=O)(O)OC[C@H](O)COP(=O)(O)OC[C@@H](COC(=O)CCCCCCCCCCCC(C)C)OC(=O)CCCCCCCCCCCCCCCCCCCCC(C)CC)OC(=O)CCCCCCCCCC(C)C. The highest BCUT2D eigenvalue weighted by atomic mass is 31.2. The van der Waals surface area contributed by atoms with Crippen LogP contribution in [0.2, 0.25) is 0 Å². The molecule has 0 radical (unpaired) electrons. The Hall–Kier alpha value is -1.94. The van der Waals surface area contributed by atoms with Gasteiger partial charge in [0.1, 0.15) is 19.3 Å². The lowest BCUT2D eigenvalue weighted by molar-refractivity contribution is -0.161. The largest absolute Gasteiger partial charge is 0.472 e. The van der Waals surface area contributed by atoms with Gasteiger partial charge in [0.15, 0.2) is 12.2 Å². The maximum atomic E-state index is 13.1. The molecular formula is C73H142O17P2. The maximum absolute atomic E-state index is 13.1. The third-order valence-corrected chi connectivity index (χ3v) is 19.1. The van der Waals surface area contributed by atoms with Crippen LogP contribution < -0.4 is 0 Å². The van der Waals surface area contributed by atoms with Crippen molar-refractivity contribution in [2.75, 3.05) is 39.6 Å². The molecule has 0 heterocycles. The zero-order chi connectivity index (χ0) is 68.0. The van der Waals surface area contributed by atoms with Crippen LogP contribution in [-0.4, -0.2) is 96.7 Å². The van der Waals surface area contributed by atoms with E-state index in [1.54, 1.807) is 0 Å². The number of ether oxygens (including phenoxy) is 4. The van der Waals surface area contributed by atoms with Gasteiger partial charge in [0.05, 0.1) is 26.4 Å². The Balaban J connectivity index is 5.14. The molecule has 0 amide bonds. The van der Waals surface area contributed by atoms with E-state index >= 15 is 0 Å². The number of aliphatic hydroxyl groups excluding tert-OH is 1. The van der Waals surface area contributed by atoms with Crippen LogP contribution in [0.15, 0.2) is 0 Å². The normalized spacial score (nSPS) is 14.4. The van der Waals surface area contributed by atoms with Crippen LogP contribution in [0.3, 0.4) is 0 Å². The molecule has 3 N–H and O–H groups in total. The Morgan fingerprint density at radius 1 is 0.315 bits per heavy atom. The van der Waals surface area contributed by atoms with Gasteiger partial charge in [-0.1, -0.05) is 318 Å². The molecule has 0 aliphatic heterocycles. The van der Waals surface area contributed by atoms with Crippen LogP contribution in [0.1, 0.15) is 370 Å². The first-order valence-corrected chi connectivity index (χ1v) is 40.9. The molecule has 19 heteroatoms. The van der Waals surface area contributed by atoms with E-state index in [0.717, 1.165) is 108 Å². The van der Waals surface area contributed by atoms with Gasteiger partial charge in [-0.05, 0) is 43.4 Å². The minimum Gasteiger partial charge on any atom is -0.462 e. The summed E-state index contributed by atoms with van der Waals surface area (Å²) < 4.78 is 68.2. The van der Waals surface area contributed by atoms with Crippen molar-refractivity contribution in [1.82, 2.24) is 0 Å². The molecule has 6 atom stereocenters. The fraction of sp³-hybridized carbons (Fsp3) is 0.945. The molecule has 0 aromatic heterocycles. The first kappa shape index (κ1) is 90.1. The summed E-state index contributed by atoms with van der Waals surface area (Å²) in [7, 11) is -9.90. The fourth-order valence-corrected chi connectivity index (χ4v) is 12.6. The highest BCUT2D eigenvalue weighted by Crippen LogP contribution is 2.45. The summed E-state index contributed by atoms with van der Waals surface area (Å²) in [6, 6.07) is 0. The predicted molar refractivity (Wildman–Crippen MR) is 372 cm³/mol. The number of aliphatic hydroxyl groups is 1. The third kappa shape index (κ3) is 65.4. The smallest absolute Gasteiger partial charge is 0.462 e. The highest BCUT2D eigenvalue weighted by Gasteiger charge is 2.30. The summed E-state index contributed by atoms with van der Waals surface area (Å²) >= 11 is 0. The molecule has 546 valence electrons. The van der Waals surface area contributed by atoms with Crippen molar-refractivity contribution in [1.29, 1.82) is 0 Å². The second-order valence-electron chi connectivity index (χ2n) is 27.5. The zero-order valence-electron chi connectivity index (χ0n) is 60.0. The average Bonchev–Trinajstić information content (AvgIpc) is 1.91. The fourth-order valence-electron chi connectivity index (χ4n) is 11.0. The average molecular weight is 1350 g/mol. The molecule has 0 aliphatic rings. The summed E-state index contributed by atoms with van der Waals surface area (Å²) in [6.07, 6.45) is 48.9. The van der Waals surface area contributed by atoms with E-state index < -0.39 is 97.5 Å². The Morgan fingerprint density at radius 3 is 0.826 bits per heavy atom. The van der Waals surface area contributed by atoms with Crippen molar-refractivity contribution in [3.63, 3.8) is 0 Å². The number of hydrogen-bond donors (Lipinski definition) is 3. The Kier molecular flexibility index (Phi) is 62.4. The molecule has 0 aromatic rings. The number of carbonyl (C=O) groups is 4. The predicted octanol–water partition coefficient (Wildman–Crippen LogP) is 21.0. The minimum absolute atomic E-state index is 0.103. The molecule has 3 unspecified atom stereocenters. The molecule has 92 heavy (non-hydrogen) atoms. The molecule has 0 saturated heterocycles. The summed E-state index contributed by atoms with van der Waals surface area (Å²) in [4.78, 5) is 72.5. The van der Waals surface area contributed by atoms with Crippen LogP contribution in [0.4, 0.5) is 0 Å². The molecule has 0 aliphatic carbocycles. The first-order valence-electron chi connectivity index (χ1n) is 37.9. The Labute approximate surface area is 562 Å². The molecule has 0 bridgehead atoms. The molecule has 0 spiro atoms. The van der Waals surface area contributed by atoms with Crippen molar-refractivity contribution in [3.8, 4) is 0 Å². The van der Waals surface area contributed by atoms with Crippen molar-refractivity contribution in [3.05, 3.63) is 0 Å². The van der Waals surface area contributed by atoms with Gasteiger partial charge in [-0.3, -0.25) is 37.3 Å². The van der Waals surface area contributed by atoms with Gasteiger partial charge in [-0.15, -0.1) is 0 Å². The lowest BCUT2D eigenvalue weighted by Gasteiger charge is -2.21. The standard InChI is InChI=1S/C73H142O17P2/c1-8-10-11-12-13-33-40-47-54-70(75)83-60-69(90-73(78)57-50-43-36-29-31-38-45-52-65(5)6)63-88-92(81,82)86-59-67(74)58-85-91(79,80)87-62-68(61-84-71(76)55-48-41-34-28-24-25-30-37-44-51-64(3)4)89-72(77)56-49-42-35-27-23-21-19-17-15-14-16-18-20-22-26-32-39-46-53-66(7)9-2/h64-69,74H,8-63H2,1-7H3,(H,79,80)(H,81,82)/t66?,67-,68-,69-/m1/s1. The van der Waals surface area contributed by atoms with Gasteiger partial charge in [0.25, 0.3) is 0 Å². The van der Waals surface area contributed by atoms with Crippen molar-refractivity contribution in [2.45, 2.75) is 388 Å². The van der Waals surface area contributed by atoms with Gasteiger partial charge in [-0.2, -0.15) is 0 Å². The van der Waals surface area contributed by atoms with Crippen LogP contribution in [-0.2, 0) is 65.4 Å². The van der Waals surface area contributed by atoms with Crippen molar-refractivity contribution < 1.29 is 80.2 Å². The number of unbranched alkanes of at least 4 members (excludes halogenated alkanes) is 38. The summed E-state index contributed by atoms with van der Waals surface area (Å²) in [6.45, 7) is 11.8. The summed E-state index contributed by atoms with van der Waals surface area (Å²) in [5, 5.41) is 10.6. The number of phosphoric acid groups is 2. The van der Waals surface area contributed by atoms with Gasteiger partial charge in [0.2, 0.25) is 0 Å². The first-order chi connectivity index (χ1) is 44.3. The number of phosphoric ester groups is 2. The minimum atomic E-state index is -4.95. The third-order valence-electron chi connectivity index (χ3n) is 17.2. The zero-order valence-corrected chi connectivity index (χ0v) is 61.8. The maximum Gasteiger partial charge on any atom is 0.472 e. The monoisotopic (exact) mass is 1350 g/mol. The second kappa shape index (κ2) is 63.8. The molecule has 17 nitrogen and oxygen atoms in total. The van der Waals surface area contributed by atoms with Crippen LogP contribution >= 0.6 is 15.6 Å². The number of rotatable bonds is 71. The van der Waals surface area contributed by atoms with Gasteiger partial charge >= 0.3 is 39.5 Å². The topological polar surface area (TPSA) is 237 Å². The highest BCUT2D eigenvalue weighted by molar-refractivity contribution is 7.47. The van der Waals surface area contributed by atoms with Gasteiger partial charge < -0.3 is 33.8 Å². The Morgan fingerprint density at radius 2 is 0.554 bits per heavy atom.